The molecule has 1 aliphatic heterocycles. The lowest BCUT2D eigenvalue weighted by Gasteiger charge is -2.45. The number of hydrogen-bond acceptors (Lipinski definition) is 4. The van der Waals surface area contributed by atoms with Gasteiger partial charge in [0.15, 0.2) is 0 Å². The molecule has 1 heterocycles. The van der Waals surface area contributed by atoms with Crippen LogP contribution in [0.3, 0.4) is 0 Å². The Hall–Kier alpha value is -1.50. The fraction of sp³-hybridized carbons (Fsp3) is 0.409. The number of carboxylic acids is 1. The average Bonchev–Trinajstić information content (AvgIpc) is 2.67. The van der Waals surface area contributed by atoms with Crippen LogP contribution in [0.1, 0.15) is 37.5 Å². The van der Waals surface area contributed by atoms with Gasteiger partial charge in [0, 0.05) is 34.2 Å². The van der Waals surface area contributed by atoms with Crippen molar-refractivity contribution in [3.8, 4) is 5.75 Å². The van der Waals surface area contributed by atoms with Gasteiger partial charge in [-0.15, -0.1) is 12.4 Å². The molecule has 1 unspecified atom stereocenters. The maximum absolute atomic E-state index is 11.0. The van der Waals surface area contributed by atoms with Crippen molar-refractivity contribution in [3.05, 3.63) is 63.6 Å². The van der Waals surface area contributed by atoms with Gasteiger partial charge in [0.05, 0.1) is 19.1 Å². The van der Waals surface area contributed by atoms with Crippen molar-refractivity contribution < 1.29 is 19.4 Å². The zero-order chi connectivity index (χ0) is 21.0. The van der Waals surface area contributed by atoms with E-state index >= 15 is 0 Å². The summed E-state index contributed by atoms with van der Waals surface area (Å²) in [5, 5.41) is 10.2. The van der Waals surface area contributed by atoms with Crippen LogP contribution >= 0.6 is 35.6 Å². The molecule has 1 aliphatic rings. The van der Waals surface area contributed by atoms with Crippen LogP contribution in [-0.2, 0) is 16.1 Å². The summed E-state index contributed by atoms with van der Waals surface area (Å²) in [5.41, 5.74) is 1.60. The SMILES string of the molecule is CC1(C)COC(c2ccc(OCc3c(Cl)cccc3Cl)cc2)CN1CCC(=O)O.Cl. The summed E-state index contributed by atoms with van der Waals surface area (Å²) >= 11 is 12.4. The first kappa shape index (κ1) is 24.8. The summed E-state index contributed by atoms with van der Waals surface area (Å²) in [6.07, 6.45) is 0.0111. The second-order valence-electron chi connectivity index (χ2n) is 7.76. The van der Waals surface area contributed by atoms with E-state index in [0.29, 0.717) is 35.5 Å². The number of nitrogens with zero attached hydrogens (tertiary/aromatic N) is 1. The summed E-state index contributed by atoms with van der Waals surface area (Å²) in [6, 6.07) is 13.1. The van der Waals surface area contributed by atoms with Gasteiger partial charge in [-0.25, -0.2) is 0 Å². The van der Waals surface area contributed by atoms with Crippen LogP contribution in [0.2, 0.25) is 10.0 Å². The Morgan fingerprint density at radius 1 is 1.20 bits per heavy atom. The second kappa shape index (κ2) is 10.7. The molecular weight excluding hydrogens is 449 g/mol. The number of ether oxygens (including phenoxy) is 2. The molecule has 1 fully saturated rings. The van der Waals surface area contributed by atoms with Gasteiger partial charge in [-0.1, -0.05) is 41.4 Å². The normalized spacial score (nSPS) is 18.5. The van der Waals surface area contributed by atoms with E-state index in [4.69, 9.17) is 37.8 Å². The minimum absolute atomic E-state index is 0. The van der Waals surface area contributed by atoms with Crippen molar-refractivity contribution in [1.29, 1.82) is 0 Å². The number of halogens is 3. The Labute approximate surface area is 193 Å². The van der Waals surface area contributed by atoms with Crippen LogP contribution in [0.25, 0.3) is 0 Å². The molecule has 0 spiro atoms. The number of aliphatic carboxylic acids is 1. The molecule has 2 aromatic rings. The van der Waals surface area contributed by atoms with E-state index in [9.17, 15) is 4.79 Å². The molecule has 164 valence electrons. The minimum Gasteiger partial charge on any atom is -0.489 e. The minimum atomic E-state index is -0.788. The van der Waals surface area contributed by atoms with Crippen molar-refractivity contribution in [3.63, 3.8) is 0 Å². The van der Waals surface area contributed by atoms with E-state index in [0.717, 1.165) is 11.1 Å². The summed E-state index contributed by atoms with van der Waals surface area (Å²) < 4.78 is 11.9. The molecule has 1 saturated heterocycles. The fourth-order valence-electron chi connectivity index (χ4n) is 3.33. The van der Waals surface area contributed by atoms with Gasteiger partial charge < -0.3 is 14.6 Å². The van der Waals surface area contributed by atoms with Crippen LogP contribution in [0.15, 0.2) is 42.5 Å². The van der Waals surface area contributed by atoms with E-state index in [1.165, 1.54) is 0 Å². The maximum atomic E-state index is 11.0. The van der Waals surface area contributed by atoms with Gasteiger partial charge >= 0.3 is 5.97 Å². The second-order valence-corrected chi connectivity index (χ2v) is 8.57. The summed E-state index contributed by atoms with van der Waals surface area (Å²) in [6.45, 7) is 6.12. The molecule has 0 aliphatic carbocycles. The molecule has 0 aromatic heterocycles. The highest BCUT2D eigenvalue weighted by Crippen LogP contribution is 2.31. The van der Waals surface area contributed by atoms with Crippen LogP contribution < -0.4 is 4.74 Å². The first-order valence-electron chi connectivity index (χ1n) is 9.50. The Bertz CT molecular complexity index is 838. The van der Waals surface area contributed by atoms with Crippen molar-refractivity contribution >= 4 is 41.6 Å². The molecule has 3 rings (SSSR count). The van der Waals surface area contributed by atoms with Gasteiger partial charge in [0.25, 0.3) is 0 Å². The van der Waals surface area contributed by atoms with Crippen LogP contribution in [0, 0.1) is 0 Å². The van der Waals surface area contributed by atoms with Crippen molar-refractivity contribution in [2.24, 2.45) is 0 Å². The van der Waals surface area contributed by atoms with Crippen molar-refractivity contribution in [2.45, 2.75) is 38.5 Å². The molecule has 1 N–H and O–H groups in total. The summed E-state index contributed by atoms with van der Waals surface area (Å²) in [7, 11) is 0. The lowest BCUT2D eigenvalue weighted by Crippen LogP contribution is -2.54. The Kier molecular flexibility index (Phi) is 8.83. The van der Waals surface area contributed by atoms with Crippen molar-refractivity contribution in [1.82, 2.24) is 4.90 Å². The maximum Gasteiger partial charge on any atom is 0.304 e. The Morgan fingerprint density at radius 2 is 1.83 bits per heavy atom. The fourth-order valence-corrected chi connectivity index (χ4v) is 3.83. The molecule has 8 heteroatoms. The molecular formula is C22H26Cl3NO4. The number of rotatable bonds is 7. The van der Waals surface area contributed by atoms with E-state index < -0.39 is 5.97 Å². The monoisotopic (exact) mass is 473 g/mol. The topological polar surface area (TPSA) is 59.0 Å². The number of morpholine rings is 1. The lowest BCUT2D eigenvalue weighted by atomic mass is 9.98. The third kappa shape index (κ3) is 6.25. The summed E-state index contributed by atoms with van der Waals surface area (Å²) in [5.74, 6) is -0.0763. The largest absolute Gasteiger partial charge is 0.489 e. The molecule has 1 atom stereocenters. The Morgan fingerprint density at radius 3 is 2.43 bits per heavy atom. The number of carboxylic acid groups (broad SMARTS) is 1. The number of hydrogen-bond donors (Lipinski definition) is 1. The molecule has 5 nitrogen and oxygen atoms in total. The zero-order valence-electron chi connectivity index (χ0n) is 16.9. The van der Waals surface area contributed by atoms with E-state index in [1.54, 1.807) is 18.2 Å². The Balaban J connectivity index is 0.00000320. The third-order valence-corrected chi connectivity index (χ3v) is 5.88. The molecule has 0 saturated carbocycles. The highest BCUT2D eigenvalue weighted by atomic mass is 35.5. The van der Waals surface area contributed by atoms with E-state index in [2.05, 4.69) is 18.7 Å². The predicted octanol–water partition coefficient (Wildman–Crippen LogP) is 5.62. The van der Waals surface area contributed by atoms with E-state index in [-0.39, 0.29) is 37.1 Å². The van der Waals surface area contributed by atoms with Gasteiger partial charge in [0.1, 0.15) is 12.4 Å². The van der Waals surface area contributed by atoms with Gasteiger partial charge in [-0.3, -0.25) is 9.69 Å². The van der Waals surface area contributed by atoms with Crippen molar-refractivity contribution in [2.75, 3.05) is 19.7 Å². The molecule has 2 aromatic carbocycles. The quantitative estimate of drug-likeness (QED) is 0.564. The summed E-state index contributed by atoms with van der Waals surface area (Å²) in [4.78, 5) is 13.1. The molecule has 0 radical (unpaired) electrons. The van der Waals surface area contributed by atoms with Crippen LogP contribution in [0.4, 0.5) is 0 Å². The third-order valence-electron chi connectivity index (χ3n) is 5.17. The van der Waals surface area contributed by atoms with E-state index in [1.807, 2.05) is 24.3 Å². The molecule has 30 heavy (non-hydrogen) atoms. The molecule has 0 bridgehead atoms. The standard InChI is InChI=1S/C22H25Cl2NO4.ClH/c1-22(2)14-29-20(12-25(22)11-10-21(26)27)15-6-8-16(9-7-15)28-13-17-18(23)4-3-5-19(17)24;/h3-9,20H,10-14H2,1-2H3,(H,26,27);1H. The number of carbonyl (C=O) groups is 1. The lowest BCUT2D eigenvalue weighted by molar-refractivity contribution is -0.140. The van der Waals surface area contributed by atoms with Crippen LogP contribution in [-0.4, -0.2) is 41.2 Å². The van der Waals surface area contributed by atoms with Gasteiger partial charge in [-0.2, -0.15) is 0 Å². The van der Waals surface area contributed by atoms with Gasteiger partial charge in [0.2, 0.25) is 0 Å². The van der Waals surface area contributed by atoms with Gasteiger partial charge in [-0.05, 0) is 43.7 Å². The predicted molar refractivity (Wildman–Crippen MR) is 121 cm³/mol. The highest BCUT2D eigenvalue weighted by molar-refractivity contribution is 6.35. The molecule has 0 amide bonds. The van der Waals surface area contributed by atoms with Crippen LogP contribution in [0.5, 0.6) is 5.75 Å². The first-order valence-corrected chi connectivity index (χ1v) is 10.3. The smallest absolute Gasteiger partial charge is 0.304 e. The first-order chi connectivity index (χ1) is 13.8. The number of benzene rings is 2. The average molecular weight is 475 g/mol. The zero-order valence-corrected chi connectivity index (χ0v) is 19.3. The highest BCUT2D eigenvalue weighted by Gasteiger charge is 2.35.